The smallest absolute Gasteiger partial charge is 0.0534 e. The fraction of sp³-hybridized carbons (Fsp3) is 0.543. The molecule has 0 bridgehead atoms. The predicted octanol–water partition coefficient (Wildman–Crippen LogP) is 9.60. The van der Waals surface area contributed by atoms with Crippen LogP contribution in [0.3, 0.4) is 0 Å². The second-order valence-electron chi connectivity index (χ2n) is 12.9. The Hall–Kier alpha value is -2.48. The van der Waals surface area contributed by atoms with Gasteiger partial charge in [-0.05, 0) is 125 Å². The highest BCUT2D eigenvalue weighted by Gasteiger charge is 2.44. The van der Waals surface area contributed by atoms with Crippen LogP contribution in [0.15, 0.2) is 36.4 Å². The van der Waals surface area contributed by atoms with Gasteiger partial charge in [0.05, 0.1) is 11.1 Å². The van der Waals surface area contributed by atoms with E-state index in [1.54, 1.807) is 11.1 Å². The average Bonchev–Trinajstić information content (AvgIpc) is 3.10. The van der Waals surface area contributed by atoms with Gasteiger partial charge in [0.15, 0.2) is 0 Å². The van der Waals surface area contributed by atoms with Gasteiger partial charge in [0.2, 0.25) is 0 Å². The first-order valence-corrected chi connectivity index (χ1v) is 14.8. The van der Waals surface area contributed by atoms with E-state index in [2.05, 4.69) is 115 Å². The van der Waals surface area contributed by atoms with Crippen molar-refractivity contribution in [1.82, 2.24) is 0 Å². The summed E-state index contributed by atoms with van der Waals surface area (Å²) in [7, 11) is 0. The molecule has 2 aromatic carbocycles. The van der Waals surface area contributed by atoms with Crippen LogP contribution in [0.4, 0.5) is 11.4 Å². The van der Waals surface area contributed by atoms with Gasteiger partial charge in [0.1, 0.15) is 0 Å². The number of benzene rings is 2. The molecule has 0 saturated carbocycles. The number of rotatable bonds is 6. The normalized spacial score (nSPS) is 20.1. The number of anilines is 2. The summed E-state index contributed by atoms with van der Waals surface area (Å²) in [4.78, 5) is 5.30. The SMILES string of the molecule is CCCN1c2cc3c(cc2C(C)=CC1(C)C)-c1cc2c(cc1C3(CC)CC)N(CCC)C(C)(C)C=C2C. The Morgan fingerprint density at radius 3 is 1.27 bits per heavy atom. The molecule has 198 valence electrons. The van der Waals surface area contributed by atoms with Crippen LogP contribution in [-0.4, -0.2) is 24.2 Å². The zero-order valence-electron chi connectivity index (χ0n) is 25.1. The summed E-state index contributed by atoms with van der Waals surface area (Å²) in [5, 5.41) is 0. The zero-order chi connectivity index (χ0) is 26.9. The first kappa shape index (κ1) is 26.1. The van der Waals surface area contributed by atoms with E-state index in [-0.39, 0.29) is 16.5 Å². The molecular formula is C35H48N2. The molecule has 2 heteroatoms. The quantitative estimate of drug-likeness (QED) is 0.393. The van der Waals surface area contributed by atoms with E-state index in [0.29, 0.717) is 0 Å². The van der Waals surface area contributed by atoms with Gasteiger partial charge in [-0.1, -0.05) is 39.8 Å². The highest BCUT2D eigenvalue weighted by molar-refractivity contribution is 5.94. The van der Waals surface area contributed by atoms with Crippen molar-refractivity contribution in [1.29, 1.82) is 0 Å². The van der Waals surface area contributed by atoms with E-state index < -0.39 is 0 Å². The average molecular weight is 497 g/mol. The topological polar surface area (TPSA) is 6.48 Å². The number of hydrogen-bond donors (Lipinski definition) is 0. The Labute approximate surface area is 226 Å². The van der Waals surface area contributed by atoms with E-state index in [9.17, 15) is 0 Å². The summed E-state index contributed by atoms with van der Waals surface area (Å²) in [5.41, 5.74) is 14.6. The summed E-state index contributed by atoms with van der Waals surface area (Å²) < 4.78 is 0. The van der Waals surface area contributed by atoms with E-state index >= 15 is 0 Å². The molecule has 3 aliphatic rings. The van der Waals surface area contributed by atoms with Crippen LogP contribution in [0.5, 0.6) is 0 Å². The molecular weight excluding hydrogens is 448 g/mol. The minimum atomic E-state index is 0.0289. The molecule has 0 saturated heterocycles. The highest BCUT2D eigenvalue weighted by atomic mass is 15.2. The lowest BCUT2D eigenvalue weighted by Crippen LogP contribution is -2.45. The molecule has 0 N–H and O–H groups in total. The van der Waals surface area contributed by atoms with E-state index in [4.69, 9.17) is 0 Å². The van der Waals surface area contributed by atoms with E-state index in [1.165, 1.54) is 44.8 Å². The number of allylic oxidation sites excluding steroid dienone is 2. The molecule has 0 fully saturated rings. The van der Waals surface area contributed by atoms with Crippen LogP contribution in [0.25, 0.3) is 22.3 Å². The van der Waals surface area contributed by atoms with Crippen LogP contribution in [0, 0.1) is 0 Å². The number of nitrogens with zero attached hydrogens (tertiary/aromatic N) is 2. The number of fused-ring (bicyclic) bond motifs is 5. The Balaban J connectivity index is 1.80. The second-order valence-corrected chi connectivity index (χ2v) is 12.9. The van der Waals surface area contributed by atoms with Crippen molar-refractivity contribution < 1.29 is 0 Å². The van der Waals surface area contributed by atoms with Crippen molar-refractivity contribution in [3.63, 3.8) is 0 Å². The molecule has 0 atom stereocenters. The van der Waals surface area contributed by atoms with Gasteiger partial charge in [-0.2, -0.15) is 0 Å². The Morgan fingerprint density at radius 1 is 0.568 bits per heavy atom. The van der Waals surface area contributed by atoms with Crippen molar-refractivity contribution in [3.05, 3.63) is 58.7 Å². The third kappa shape index (κ3) is 3.65. The van der Waals surface area contributed by atoms with Crippen LogP contribution in [0.1, 0.15) is 117 Å². The van der Waals surface area contributed by atoms with Gasteiger partial charge in [-0.25, -0.2) is 0 Å². The van der Waals surface area contributed by atoms with Gasteiger partial charge in [-0.15, -0.1) is 0 Å². The molecule has 37 heavy (non-hydrogen) atoms. The molecule has 0 spiro atoms. The molecule has 0 amide bonds. The minimum absolute atomic E-state index is 0.0289. The third-order valence-corrected chi connectivity index (χ3v) is 9.66. The first-order valence-electron chi connectivity index (χ1n) is 14.8. The van der Waals surface area contributed by atoms with Crippen molar-refractivity contribution in [2.24, 2.45) is 0 Å². The lowest BCUT2D eigenvalue weighted by Gasteiger charge is -2.44. The van der Waals surface area contributed by atoms with Crippen molar-refractivity contribution in [2.45, 2.75) is 111 Å². The third-order valence-electron chi connectivity index (χ3n) is 9.66. The Kier molecular flexibility index (Phi) is 6.21. The van der Waals surface area contributed by atoms with Crippen molar-refractivity contribution >= 4 is 22.5 Å². The van der Waals surface area contributed by atoms with Gasteiger partial charge in [-0.3, -0.25) is 0 Å². The summed E-state index contributed by atoms with van der Waals surface area (Å²) in [6.07, 6.45) is 9.51. The first-order chi connectivity index (χ1) is 17.5. The second kappa shape index (κ2) is 8.79. The summed E-state index contributed by atoms with van der Waals surface area (Å²) in [5.74, 6) is 0. The molecule has 2 nitrogen and oxygen atoms in total. The minimum Gasteiger partial charge on any atom is -0.362 e. The monoisotopic (exact) mass is 496 g/mol. The maximum Gasteiger partial charge on any atom is 0.0534 e. The molecule has 5 rings (SSSR count). The maximum absolute atomic E-state index is 2.65. The predicted molar refractivity (Wildman–Crippen MR) is 164 cm³/mol. The standard InChI is InChI=1S/C35H48N2/c1-11-15-36-31-19-29-27(17-25(31)23(5)21-33(36,7)8)28-18-26-24(6)22-34(9,10)37(16-12-2)32(26)20-30(28)35(29,13-3)14-4/h17-22H,11-16H2,1-10H3. The van der Waals surface area contributed by atoms with Crippen LogP contribution in [0.2, 0.25) is 0 Å². The number of hydrogen-bond acceptors (Lipinski definition) is 2. The Bertz CT molecular complexity index is 1200. The van der Waals surface area contributed by atoms with Gasteiger partial charge >= 0.3 is 0 Å². The van der Waals surface area contributed by atoms with Crippen LogP contribution in [-0.2, 0) is 5.41 Å². The van der Waals surface area contributed by atoms with Crippen molar-refractivity contribution in [3.8, 4) is 11.1 Å². The fourth-order valence-electron chi connectivity index (χ4n) is 7.91. The van der Waals surface area contributed by atoms with Crippen LogP contribution >= 0.6 is 0 Å². The molecule has 0 aromatic heterocycles. The fourth-order valence-corrected chi connectivity index (χ4v) is 7.91. The van der Waals surface area contributed by atoms with E-state index in [0.717, 1.165) is 38.8 Å². The summed E-state index contributed by atoms with van der Waals surface area (Å²) in [6.45, 7) is 25.7. The van der Waals surface area contributed by atoms with Gasteiger partial charge < -0.3 is 9.80 Å². The highest BCUT2D eigenvalue weighted by Crippen LogP contribution is 2.58. The molecule has 0 radical (unpaired) electrons. The van der Waals surface area contributed by atoms with Crippen molar-refractivity contribution in [2.75, 3.05) is 22.9 Å². The summed E-state index contributed by atoms with van der Waals surface area (Å²) in [6, 6.07) is 10.3. The van der Waals surface area contributed by atoms with E-state index in [1.807, 2.05) is 0 Å². The summed E-state index contributed by atoms with van der Waals surface area (Å²) >= 11 is 0. The lowest BCUT2D eigenvalue weighted by molar-refractivity contribution is 0.488. The van der Waals surface area contributed by atoms with Gasteiger partial charge in [0, 0.05) is 41.0 Å². The molecule has 0 unspecified atom stereocenters. The molecule has 2 aliphatic heterocycles. The largest absolute Gasteiger partial charge is 0.362 e. The zero-order valence-corrected chi connectivity index (χ0v) is 25.1. The molecule has 1 aliphatic carbocycles. The Morgan fingerprint density at radius 2 is 0.946 bits per heavy atom. The van der Waals surface area contributed by atoms with Crippen LogP contribution < -0.4 is 9.80 Å². The maximum atomic E-state index is 2.65. The van der Waals surface area contributed by atoms with Gasteiger partial charge in [0.25, 0.3) is 0 Å². The molecule has 2 aromatic rings. The molecule has 2 heterocycles. The lowest BCUT2D eigenvalue weighted by atomic mass is 9.72.